The summed E-state index contributed by atoms with van der Waals surface area (Å²) in [5.41, 5.74) is 2.31. The van der Waals surface area contributed by atoms with E-state index in [9.17, 15) is 5.11 Å². The third-order valence-corrected chi connectivity index (χ3v) is 4.65. The van der Waals surface area contributed by atoms with Crippen LogP contribution in [0.2, 0.25) is 0 Å². The molecule has 1 aliphatic heterocycles. The van der Waals surface area contributed by atoms with Crippen molar-refractivity contribution in [2.75, 3.05) is 39.8 Å². The summed E-state index contributed by atoms with van der Waals surface area (Å²) in [5.74, 6) is 0.901. The first-order valence-electron chi connectivity index (χ1n) is 8.55. The Kier molecular flexibility index (Phi) is 5.86. The molecule has 0 saturated carbocycles. The Bertz CT molecular complexity index is 607. The van der Waals surface area contributed by atoms with Gasteiger partial charge in [-0.3, -0.25) is 9.80 Å². The normalized spacial score (nSPS) is 17.6. The Hall–Kier alpha value is -1.88. The van der Waals surface area contributed by atoms with Crippen molar-refractivity contribution in [3.8, 4) is 5.75 Å². The zero-order valence-electron chi connectivity index (χ0n) is 14.3. The van der Waals surface area contributed by atoms with E-state index in [1.165, 1.54) is 5.56 Å². The molecule has 1 fully saturated rings. The molecule has 24 heavy (non-hydrogen) atoms. The van der Waals surface area contributed by atoms with Crippen molar-refractivity contribution in [1.82, 2.24) is 9.80 Å². The van der Waals surface area contributed by atoms with Crippen LogP contribution in [0.4, 0.5) is 0 Å². The van der Waals surface area contributed by atoms with E-state index in [0.29, 0.717) is 6.54 Å². The van der Waals surface area contributed by atoms with Gasteiger partial charge in [-0.2, -0.15) is 0 Å². The largest absolute Gasteiger partial charge is 0.497 e. The number of benzene rings is 2. The van der Waals surface area contributed by atoms with Crippen molar-refractivity contribution in [1.29, 1.82) is 0 Å². The molecule has 1 atom stereocenters. The Morgan fingerprint density at radius 3 is 2.17 bits per heavy atom. The fraction of sp³-hybridized carbons (Fsp3) is 0.400. The number of β-amino-alcohol motifs (C(OH)–C–C–N with tert-alkyl or cyclic N) is 1. The molecule has 0 bridgehead atoms. The summed E-state index contributed by atoms with van der Waals surface area (Å²) in [6.45, 7) is 5.75. The average molecular weight is 326 g/mol. The van der Waals surface area contributed by atoms with Crippen LogP contribution in [0.3, 0.4) is 0 Å². The number of hydrogen-bond acceptors (Lipinski definition) is 4. The van der Waals surface area contributed by atoms with Crippen molar-refractivity contribution in [2.24, 2.45) is 0 Å². The number of ether oxygens (including phenoxy) is 1. The van der Waals surface area contributed by atoms with Gasteiger partial charge in [0.2, 0.25) is 0 Å². The van der Waals surface area contributed by atoms with Gasteiger partial charge in [-0.05, 0) is 23.3 Å². The molecule has 1 saturated heterocycles. The van der Waals surface area contributed by atoms with Gasteiger partial charge < -0.3 is 9.84 Å². The van der Waals surface area contributed by atoms with E-state index in [1.807, 2.05) is 42.5 Å². The standard InChI is InChI=1S/C20H26N2O2/c1-24-19-9-7-17(8-10-19)15-21-11-13-22(14-12-21)16-20(23)18-5-3-2-4-6-18/h2-10,20,23H,11-16H2,1H3/t20-/m1/s1. The van der Waals surface area contributed by atoms with Gasteiger partial charge in [-0.15, -0.1) is 0 Å². The predicted molar refractivity (Wildman–Crippen MR) is 96.1 cm³/mol. The quantitative estimate of drug-likeness (QED) is 0.885. The van der Waals surface area contributed by atoms with E-state index >= 15 is 0 Å². The molecular formula is C20H26N2O2. The van der Waals surface area contributed by atoms with Crippen LogP contribution in [0.15, 0.2) is 54.6 Å². The van der Waals surface area contributed by atoms with Gasteiger partial charge in [0.25, 0.3) is 0 Å². The van der Waals surface area contributed by atoms with Gasteiger partial charge in [0.1, 0.15) is 5.75 Å². The minimum absolute atomic E-state index is 0.403. The molecule has 128 valence electrons. The lowest BCUT2D eigenvalue weighted by atomic mass is 10.1. The lowest BCUT2D eigenvalue weighted by Crippen LogP contribution is -2.47. The molecular weight excluding hydrogens is 300 g/mol. The predicted octanol–water partition coefficient (Wildman–Crippen LogP) is 2.55. The maximum atomic E-state index is 10.4. The molecule has 0 aromatic heterocycles. The molecule has 4 nitrogen and oxygen atoms in total. The van der Waals surface area contributed by atoms with Crippen molar-refractivity contribution in [2.45, 2.75) is 12.6 Å². The molecule has 1 N–H and O–H groups in total. The second kappa shape index (κ2) is 8.29. The number of nitrogens with zero attached hydrogens (tertiary/aromatic N) is 2. The Morgan fingerprint density at radius 2 is 1.54 bits per heavy atom. The maximum absolute atomic E-state index is 10.4. The Labute approximate surface area is 144 Å². The van der Waals surface area contributed by atoms with E-state index in [2.05, 4.69) is 21.9 Å². The van der Waals surface area contributed by atoms with Crippen molar-refractivity contribution >= 4 is 0 Å². The average Bonchev–Trinajstić information content (AvgIpc) is 2.65. The van der Waals surface area contributed by atoms with Gasteiger partial charge >= 0.3 is 0 Å². The van der Waals surface area contributed by atoms with E-state index in [1.54, 1.807) is 7.11 Å². The number of aliphatic hydroxyl groups is 1. The number of rotatable bonds is 6. The second-order valence-electron chi connectivity index (χ2n) is 6.35. The van der Waals surface area contributed by atoms with Crippen LogP contribution in [0.25, 0.3) is 0 Å². The number of methoxy groups -OCH3 is 1. The summed E-state index contributed by atoms with van der Waals surface area (Å²) in [5, 5.41) is 10.4. The fourth-order valence-electron chi connectivity index (χ4n) is 3.14. The van der Waals surface area contributed by atoms with Crippen LogP contribution < -0.4 is 4.74 Å². The van der Waals surface area contributed by atoms with Crippen LogP contribution in [0, 0.1) is 0 Å². The molecule has 0 aliphatic carbocycles. The molecule has 3 rings (SSSR count). The molecule has 0 radical (unpaired) electrons. The van der Waals surface area contributed by atoms with Crippen LogP contribution in [-0.4, -0.2) is 54.7 Å². The first-order chi connectivity index (χ1) is 11.7. The van der Waals surface area contributed by atoms with E-state index in [0.717, 1.165) is 44.0 Å². The van der Waals surface area contributed by atoms with Crippen LogP contribution >= 0.6 is 0 Å². The third-order valence-electron chi connectivity index (χ3n) is 4.65. The molecule has 4 heteroatoms. The second-order valence-corrected chi connectivity index (χ2v) is 6.35. The van der Waals surface area contributed by atoms with Crippen molar-refractivity contribution in [3.63, 3.8) is 0 Å². The summed E-state index contributed by atoms with van der Waals surface area (Å²) in [6.07, 6.45) is -0.403. The highest BCUT2D eigenvalue weighted by Gasteiger charge is 2.19. The monoisotopic (exact) mass is 326 g/mol. The van der Waals surface area contributed by atoms with Gasteiger partial charge in [-0.1, -0.05) is 42.5 Å². The highest BCUT2D eigenvalue weighted by molar-refractivity contribution is 5.27. The van der Waals surface area contributed by atoms with E-state index < -0.39 is 6.10 Å². The minimum atomic E-state index is -0.403. The molecule has 2 aromatic rings. The van der Waals surface area contributed by atoms with Crippen LogP contribution in [0.1, 0.15) is 17.2 Å². The first kappa shape index (κ1) is 17.0. The molecule has 1 aliphatic rings. The fourth-order valence-corrected chi connectivity index (χ4v) is 3.14. The highest BCUT2D eigenvalue weighted by atomic mass is 16.5. The SMILES string of the molecule is COc1ccc(CN2CCN(C[C@@H](O)c3ccccc3)CC2)cc1. The summed E-state index contributed by atoms with van der Waals surface area (Å²) >= 11 is 0. The van der Waals surface area contributed by atoms with Gasteiger partial charge in [0, 0.05) is 39.3 Å². The first-order valence-corrected chi connectivity index (χ1v) is 8.55. The molecule has 0 spiro atoms. The van der Waals surface area contributed by atoms with Gasteiger partial charge in [0.15, 0.2) is 0 Å². The molecule has 1 heterocycles. The number of piperazine rings is 1. The van der Waals surface area contributed by atoms with E-state index in [4.69, 9.17) is 4.74 Å². The summed E-state index contributed by atoms with van der Waals surface area (Å²) in [7, 11) is 1.69. The molecule has 2 aromatic carbocycles. The Balaban J connectivity index is 1.45. The number of aliphatic hydroxyl groups excluding tert-OH is 1. The minimum Gasteiger partial charge on any atom is -0.497 e. The Morgan fingerprint density at radius 1 is 0.917 bits per heavy atom. The van der Waals surface area contributed by atoms with Crippen molar-refractivity contribution < 1.29 is 9.84 Å². The summed E-state index contributed by atoms with van der Waals surface area (Å²) in [4.78, 5) is 4.81. The van der Waals surface area contributed by atoms with Crippen molar-refractivity contribution in [3.05, 3.63) is 65.7 Å². The zero-order chi connectivity index (χ0) is 16.8. The summed E-state index contributed by atoms with van der Waals surface area (Å²) in [6, 6.07) is 18.2. The maximum Gasteiger partial charge on any atom is 0.118 e. The van der Waals surface area contributed by atoms with Crippen LogP contribution in [0.5, 0.6) is 5.75 Å². The number of hydrogen-bond donors (Lipinski definition) is 1. The van der Waals surface area contributed by atoms with Gasteiger partial charge in [-0.25, -0.2) is 0 Å². The lowest BCUT2D eigenvalue weighted by Gasteiger charge is -2.35. The van der Waals surface area contributed by atoms with Crippen LogP contribution in [-0.2, 0) is 6.54 Å². The smallest absolute Gasteiger partial charge is 0.118 e. The molecule has 0 unspecified atom stereocenters. The zero-order valence-corrected chi connectivity index (χ0v) is 14.3. The highest BCUT2D eigenvalue weighted by Crippen LogP contribution is 2.17. The molecule has 0 amide bonds. The summed E-state index contributed by atoms with van der Waals surface area (Å²) < 4.78 is 5.20. The van der Waals surface area contributed by atoms with Gasteiger partial charge in [0.05, 0.1) is 13.2 Å². The third kappa shape index (κ3) is 4.57. The topological polar surface area (TPSA) is 35.9 Å². The lowest BCUT2D eigenvalue weighted by molar-refractivity contribution is 0.0701. The van der Waals surface area contributed by atoms with E-state index in [-0.39, 0.29) is 0 Å².